The normalized spacial score (nSPS) is 14.1. The molecule has 0 spiro atoms. The number of benzene rings is 2. The van der Waals surface area contributed by atoms with Crippen molar-refractivity contribution in [2.75, 3.05) is 39.3 Å². The lowest BCUT2D eigenvalue weighted by atomic mass is 9.99. The second-order valence-electron chi connectivity index (χ2n) is 8.95. The van der Waals surface area contributed by atoms with Crippen molar-refractivity contribution < 1.29 is 10.2 Å². The molecular formula is C28H42N2O2S. The Hall–Kier alpha value is -1.50. The van der Waals surface area contributed by atoms with Crippen LogP contribution in [0.2, 0.25) is 0 Å². The number of thiophene rings is 1. The molecule has 2 aromatic carbocycles. The first-order valence-electron chi connectivity index (χ1n) is 12.8. The summed E-state index contributed by atoms with van der Waals surface area (Å²) in [7, 11) is 0. The topological polar surface area (TPSA) is 46.9 Å². The quantitative estimate of drug-likeness (QED) is 0.288. The molecule has 0 aliphatic carbocycles. The number of nitrogens with zero attached hydrogens (tertiary/aromatic N) is 2. The summed E-state index contributed by atoms with van der Waals surface area (Å²) in [6.07, 6.45) is 2.67. The number of hydrogen-bond donors (Lipinski definition) is 2. The van der Waals surface area contributed by atoms with Crippen LogP contribution in [0.15, 0.2) is 36.4 Å². The van der Waals surface area contributed by atoms with Crippen LogP contribution < -0.4 is 0 Å². The Bertz CT molecular complexity index is 994. The standard InChI is InChI=1S/C28H42N2O2S/c1-5-29(6-2)18-10-14-25(31)21-16-17-27-24(20-21)22-12-9-13-23(28(22)33-27)26(32)15-11-19-30(7-3)8-4/h9,12-13,16-17,20,25-26,31-32H,5-8,10-11,14-15,18-19H2,1-4H3. The van der Waals surface area contributed by atoms with Gasteiger partial charge in [0.25, 0.3) is 0 Å². The number of aliphatic hydroxyl groups is 2. The maximum Gasteiger partial charge on any atom is 0.0804 e. The van der Waals surface area contributed by atoms with Gasteiger partial charge in [0.2, 0.25) is 0 Å². The molecule has 0 amide bonds. The summed E-state index contributed by atoms with van der Waals surface area (Å²) < 4.78 is 2.39. The van der Waals surface area contributed by atoms with Gasteiger partial charge in [-0.05, 0) is 88.2 Å². The molecule has 0 saturated carbocycles. The van der Waals surface area contributed by atoms with E-state index in [0.29, 0.717) is 0 Å². The van der Waals surface area contributed by atoms with Gasteiger partial charge in [-0.2, -0.15) is 0 Å². The molecule has 0 bridgehead atoms. The monoisotopic (exact) mass is 470 g/mol. The molecule has 2 N–H and O–H groups in total. The molecule has 5 heteroatoms. The Labute approximate surface area is 203 Å². The van der Waals surface area contributed by atoms with E-state index in [1.165, 1.54) is 20.2 Å². The van der Waals surface area contributed by atoms with Crippen LogP contribution in [0, 0.1) is 0 Å². The molecule has 3 rings (SSSR count). The van der Waals surface area contributed by atoms with Crippen LogP contribution in [0.1, 0.15) is 76.7 Å². The summed E-state index contributed by atoms with van der Waals surface area (Å²) in [6, 6.07) is 12.6. The van der Waals surface area contributed by atoms with Crippen LogP contribution in [0.5, 0.6) is 0 Å². The Morgan fingerprint density at radius 3 is 1.97 bits per heavy atom. The van der Waals surface area contributed by atoms with E-state index >= 15 is 0 Å². The summed E-state index contributed by atoms with van der Waals surface area (Å²) in [5.41, 5.74) is 2.03. The first kappa shape index (κ1) is 26.1. The lowest BCUT2D eigenvalue weighted by Crippen LogP contribution is -2.24. The summed E-state index contributed by atoms with van der Waals surface area (Å²) >= 11 is 1.75. The molecule has 33 heavy (non-hydrogen) atoms. The number of aliphatic hydroxyl groups excluding tert-OH is 2. The van der Waals surface area contributed by atoms with E-state index in [-0.39, 0.29) is 0 Å². The Kier molecular flexibility index (Phi) is 10.1. The second-order valence-corrected chi connectivity index (χ2v) is 10.0. The predicted octanol–water partition coefficient (Wildman–Crippen LogP) is 6.37. The molecule has 4 nitrogen and oxygen atoms in total. The first-order chi connectivity index (χ1) is 16.0. The van der Waals surface area contributed by atoms with Crippen LogP contribution >= 0.6 is 11.3 Å². The van der Waals surface area contributed by atoms with Crippen molar-refractivity contribution in [2.24, 2.45) is 0 Å². The molecule has 182 valence electrons. The number of hydrogen-bond acceptors (Lipinski definition) is 5. The van der Waals surface area contributed by atoms with E-state index in [1.54, 1.807) is 11.3 Å². The van der Waals surface area contributed by atoms with Crippen LogP contribution in [-0.2, 0) is 0 Å². The molecule has 1 heterocycles. The highest BCUT2D eigenvalue weighted by Crippen LogP contribution is 2.40. The maximum atomic E-state index is 11.0. The van der Waals surface area contributed by atoms with Gasteiger partial charge in [-0.25, -0.2) is 0 Å². The van der Waals surface area contributed by atoms with E-state index in [9.17, 15) is 10.2 Å². The van der Waals surface area contributed by atoms with Gasteiger partial charge in [0, 0.05) is 20.2 Å². The average Bonchev–Trinajstić information content (AvgIpc) is 3.22. The lowest BCUT2D eigenvalue weighted by molar-refractivity contribution is 0.157. The fourth-order valence-corrected chi connectivity index (χ4v) is 5.97. The van der Waals surface area contributed by atoms with E-state index in [2.05, 4.69) is 73.9 Å². The van der Waals surface area contributed by atoms with Gasteiger partial charge in [0.05, 0.1) is 12.2 Å². The summed E-state index contributed by atoms with van der Waals surface area (Å²) in [5, 5.41) is 24.2. The largest absolute Gasteiger partial charge is 0.388 e. The van der Waals surface area contributed by atoms with Crippen molar-refractivity contribution in [2.45, 2.75) is 65.6 Å². The van der Waals surface area contributed by atoms with Gasteiger partial charge in [0.1, 0.15) is 0 Å². The number of rotatable bonds is 14. The molecule has 0 aliphatic rings. The molecule has 0 aliphatic heterocycles. The van der Waals surface area contributed by atoms with Crippen molar-refractivity contribution in [1.82, 2.24) is 9.80 Å². The molecule has 0 fully saturated rings. The number of fused-ring (bicyclic) bond motifs is 3. The zero-order valence-electron chi connectivity index (χ0n) is 20.9. The summed E-state index contributed by atoms with van der Waals surface area (Å²) in [4.78, 5) is 4.80. The van der Waals surface area contributed by atoms with E-state index in [4.69, 9.17) is 0 Å². The Morgan fingerprint density at radius 1 is 0.758 bits per heavy atom. The molecule has 2 unspecified atom stereocenters. The van der Waals surface area contributed by atoms with Gasteiger partial charge in [-0.1, -0.05) is 52.0 Å². The minimum Gasteiger partial charge on any atom is -0.388 e. The molecule has 2 atom stereocenters. The zero-order chi connectivity index (χ0) is 23.8. The van der Waals surface area contributed by atoms with E-state index < -0.39 is 12.2 Å². The highest BCUT2D eigenvalue weighted by molar-refractivity contribution is 7.26. The summed E-state index contributed by atoms with van der Waals surface area (Å²) in [5.74, 6) is 0. The minimum atomic E-state index is -0.442. The van der Waals surface area contributed by atoms with Gasteiger partial charge in [-0.15, -0.1) is 11.3 Å². The molecule has 0 radical (unpaired) electrons. The summed E-state index contributed by atoms with van der Waals surface area (Å²) in [6.45, 7) is 15.0. The molecule has 3 aromatic rings. The Morgan fingerprint density at radius 2 is 1.36 bits per heavy atom. The van der Waals surface area contributed by atoms with E-state index in [0.717, 1.165) is 76.1 Å². The lowest BCUT2D eigenvalue weighted by Gasteiger charge is -2.19. The van der Waals surface area contributed by atoms with Crippen molar-refractivity contribution >= 4 is 31.5 Å². The van der Waals surface area contributed by atoms with E-state index in [1.807, 2.05) is 0 Å². The SMILES string of the molecule is CCN(CC)CCCC(O)c1ccc2sc3c(C(O)CCCN(CC)CC)cccc3c2c1. The Balaban J connectivity index is 1.75. The fraction of sp³-hybridized carbons (Fsp3) is 0.571. The zero-order valence-corrected chi connectivity index (χ0v) is 21.7. The van der Waals surface area contributed by atoms with Crippen molar-refractivity contribution in [1.29, 1.82) is 0 Å². The van der Waals surface area contributed by atoms with Crippen LogP contribution in [-0.4, -0.2) is 59.3 Å². The van der Waals surface area contributed by atoms with Gasteiger partial charge in [0.15, 0.2) is 0 Å². The first-order valence-corrected chi connectivity index (χ1v) is 13.6. The van der Waals surface area contributed by atoms with Gasteiger partial charge in [-0.3, -0.25) is 0 Å². The highest BCUT2D eigenvalue weighted by Gasteiger charge is 2.17. The highest BCUT2D eigenvalue weighted by atomic mass is 32.1. The molecule has 1 aromatic heterocycles. The van der Waals surface area contributed by atoms with Gasteiger partial charge < -0.3 is 20.0 Å². The predicted molar refractivity (Wildman–Crippen MR) is 143 cm³/mol. The molecular weight excluding hydrogens is 428 g/mol. The van der Waals surface area contributed by atoms with Gasteiger partial charge >= 0.3 is 0 Å². The van der Waals surface area contributed by atoms with Crippen molar-refractivity contribution in [3.63, 3.8) is 0 Å². The average molecular weight is 471 g/mol. The second kappa shape index (κ2) is 12.8. The smallest absolute Gasteiger partial charge is 0.0804 e. The third-order valence-corrected chi connectivity index (χ3v) is 8.22. The van der Waals surface area contributed by atoms with Crippen molar-refractivity contribution in [3.05, 3.63) is 47.5 Å². The molecule has 0 saturated heterocycles. The van der Waals surface area contributed by atoms with Crippen LogP contribution in [0.25, 0.3) is 20.2 Å². The fourth-order valence-electron chi connectivity index (χ4n) is 4.73. The maximum absolute atomic E-state index is 11.0. The van der Waals surface area contributed by atoms with Crippen LogP contribution in [0.4, 0.5) is 0 Å². The minimum absolute atomic E-state index is 0.436. The third kappa shape index (κ3) is 6.55. The third-order valence-electron chi connectivity index (χ3n) is 6.99. The van der Waals surface area contributed by atoms with Crippen LogP contribution in [0.3, 0.4) is 0 Å². The van der Waals surface area contributed by atoms with Crippen molar-refractivity contribution in [3.8, 4) is 0 Å².